The standard InChI is InChI=1S/C13H19NO/c15-12-13-6-8-3-9(7-13)5-10(4-8)11(13)1-2-14-12/h8-11H,1-7H2,(H,14,15)/t8-,9+,10?,11?,13?. The van der Waals surface area contributed by atoms with Gasteiger partial charge in [-0.15, -0.1) is 0 Å². The fourth-order valence-corrected chi connectivity index (χ4v) is 5.53. The van der Waals surface area contributed by atoms with Crippen LogP contribution in [0.5, 0.6) is 0 Å². The predicted molar refractivity (Wildman–Crippen MR) is 57.1 cm³/mol. The number of rotatable bonds is 0. The number of piperidine rings is 1. The minimum atomic E-state index is 0.104. The molecule has 4 aliphatic carbocycles. The Labute approximate surface area is 90.8 Å². The van der Waals surface area contributed by atoms with E-state index < -0.39 is 0 Å². The van der Waals surface area contributed by atoms with Crippen LogP contribution < -0.4 is 5.32 Å². The van der Waals surface area contributed by atoms with Gasteiger partial charge in [0.25, 0.3) is 0 Å². The monoisotopic (exact) mass is 205 g/mol. The highest BCUT2D eigenvalue weighted by molar-refractivity contribution is 5.84. The summed E-state index contributed by atoms with van der Waals surface area (Å²) in [5.74, 6) is 3.85. The van der Waals surface area contributed by atoms with Crippen LogP contribution in [-0.2, 0) is 4.79 Å². The molecule has 1 saturated heterocycles. The number of hydrogen-bond donors (Lipinski definition) is 1. The molecule has 0 radical (unpaired) electrons. The maximum absolute atomic E-state index is 12.2. The first-order chi connectivity index (χ1) is 7.28. The Morgan fingerprint density at radius 1 is 1.13 bits per heavy atom. The molecule has 2 nitrogen and oxygen atoms in total. The summed E-state index contributed by atoms with van der Waals surface area (Å²) < 4.78 is 0. The molecule has 1 heterocycles. The number of hydrogen-bond acceptors (Lipinski definition) is 1. The highest BCUT2D eigenvalue weighted by Gasteiger charge is 2.61. The molecule has 1 N–H and O–H groups in total. The molecular weight excluding hydrogens is 186 g/mol. The van der Waals surface area contributed by atoms with Gasteiger partial charge in [-0.25, -0.2) is 0 Å². The quantitative estimate of drug-likeness (QED) is 0.643. The largest absolute Gasteiger partial charge is 0.356 e. The van der Waals surface area contributed by atoms with Gasteiger partial charge in [-0.2, -0.15) is 0 Å². The van der Waals surface area contributed by atoms with E-state index in [2.05, 4.69) is 5.32 Å². The van der Waals surface area contributed by atoms with Crippen LogP contribution in [-0.4, -0.2) is 12.5 Å². The third-order valence-electron chi connectivity index (χ3n) is 5.72. The first-order valence-corrected chi connectivity index (χ1v) is 6.56. The van der Waals surface area contributed by atoms with E-state index in [-0.39, 0.29) is 5.41 Å². The van der Waals surface area contributed by atoms with Crippen molar-refractivity contribution in [3.63, 3.8) is 0 Å². The summed E-state index contributed by atoms with van der Waals surface area (Å²) in [6, 6.07) is 0. The van der Waals surface area contributed by atoms with Crippen molar-refractivity contribution in [1.82, 2.24) is 5.32 Å². The summed E-state index contributed by atoms with van der Waals surface area (Å²) in [6.45, 7) is 0.942. The second-order valence-electron chi connectivity index (χ2n) is 6.41. The molecule has 82 valence electrons. The summed E-state index contributed by atoms with van der Waals surface area (Å²) in [7, 11) is 0. The van der Waals surface area contributed by atoms with E-state index in [1.165, 1.54) is 38.5 Å². The van der Waals surface area contributed by atoms with Crippen molar-refractivity contribution in [3.8, 4) is 0 Å². The molecule has 4 saturated carbocycles. The minimum absolute atomic E-state index is 0.104. The molecule has 1 spiro atoms. The van der Waals surface area contributed by atoms with Gasteiger partial charge in [-0.1, -0.05) is 0 Å². The molecular formula is C13H19NO. The SMILES string of the molecule is O=C1NCCC2C3C[C@@H]4C[C@H](C3)CC12C4. The molecule has 1 amide bonds. The molecule has 2 heteroatoms. The van der Waals surface area contributed by atoms with Gasteiger partial charge in [0, 0.05) is 6.54 Å². The fraction of sp³-hybridized carbons (Fsp3) is 0.923. The van der Waals surface area contributed by atoms with Crippen molar-refractivity contribution in [2.45, 2.75) is 38.5 Å². The average molecular weight is 205 g/mol. The maximum Gasteiger partial charge on any atom is 0.226 e. The summed E-state index contributed by atoms with van der Waals surface area (Å²) in [5, 5.41) is 3.13. The van der Waals surface area contributed by atoms with Crippen LogP contribution in [0.2, 0.25) is 0 Å². The lowest BCUT2D eigenvalue weighted by molar-refractivity contribution is -0.166. The summed E-state index contributed by atoms with van der Waals surface area (Å²) in [4.78, 5) is 12.2. The minimum Gasteiger partial charge on any atom is -0.356 e. The second-order valence-corrected chi connectivity index (χ2v) is 6.41. The number of amides is 1. The van der Waals surface area contributed by atoms with E-state index >= 15 is 0 Å². The first-order valence-electron chi connectivity index (χ1n) is 6.56. The molecule has 5 fully saturated rings. The van der Waals surface area contributed by atoms with E-state index in [9.17, 15) is 4.79 Å². The smallest absolute Gasteiger partial charge is 0.226 e. The number of nitrogens with one attached hydrogen (secondary N) is 1. The van der Waals surface area contributed by atoms with E-state index in [1.54, 1.807) is 0 Å². The van der Waals surface area contributed by atoms with Gasteiger partial charge in [0.1, 0.15) is 0 Å². The Morgan fingerprint density at radius 2 is 1.87 bits per heavy atom. The molecule has 15 heavy (non-hydrogen) atoms. The number of carbonyl (C=O) groups excluding carboxylic acids is 1. The Hall–Kier alpha value is -0.530. The lowest BCUT2D eigenvalue weighted by Gasteiger charge is -2.61. The van der Waals surface area contributed by atoms with Crippen LogP contribution in [0.3, 0.4) is 0 Å². The van der Waals surface area contributed by atoms with Crippen molar-refractivity contribution in [2.24, 2.45) is 29.1 Å². The van der Waals surface area contributed by atoms with Crippen molar-refractivity contribution >= 4 is 5.91 Å². The zero-order valence-corrected chi connectivity index (χ0v) is 9.17. The zero-order chi connectivity index (χ0) is 10.0. The second kappa shape index (κ2) is 2.58. The Morgan fingerprint density at radius 3 is 2.60 bits per heavy atom. The van der Waals surface area contributed by atoms with Gasteiger partial charge in [0.2, 0.25) is 5.91 Å². The van der Waals surface area contributed by atoms with Crippen LogP contribution in [0.4, 0.5) is 0 Å². The van der Waals surface area contributed by atoms with Crippen LogP contribution in [0.25, 0.3) is 0 Å². The summed E-state index contributed by atoms with van der Waals surface area (Å²) in [6.07, 6.45) is 8.01. The Balaban J connectivity index is 1.80. The Kier molecular flexibility index (Phi) is 1.48. The number of carbonyl (C=O) groups is 1. The van der Waals surface area contributed by atoms with Gasteiger partial charge < -0.3 is 5.32 Å². The Bertz CT molecular complexity index is 310. The van der Waals surface area contributed by atoms with Crippen molar-refractivity contribution in [1.29, 1.82) is 0 Å². The van der Waals surface area contributed by atoms with E-state index in [0.29, 0.717) is 5.91 Å². The van der Waals surface area contributed by atoms with Gasteiger partial charge in [0.05, 0.1) is 5.41 Å². The van der Waals surface area contributed by atoms with Crippen LogP contribution in [0, 0.1) is 29.1 Å². The third-order valence-corrected chi connectivity index (χ3v) is 5.72. The fourth-order valence-electron chi connectivity index (χ4n) is 5.53. The van der Waals surface area contributed by atoms with Crippen LogP contribution in [0.1, 0.15) is 38.5 Å². The van der Waals surface area contributed by atoms with Gasteiger partial charge in [0.15, 0.2) is 0 Å². The summed E-state index contributed by atoms with van der Waals surface area (Å²) in [5.41, 5.74) is 0.104. The van der Waals surface area contributed by atoms with E-state index in [0.717, 1.165) is 30.2 Å². The van der Waals surface area contributed by atoms with Crippen LogP contribution >= 0.6 is 0 Å². The normalized spacial score (nSPS) is 56.4. The molecule has 5 atom stereocenters. The highest BCUT2D eigenvalue weighted by atomic mass is 16.2. The van der Waals surface area contributed by atoms with E-state index in [1.807, 2.05) is 0 Å². The topological polar surface area (TPSA) is 29.1 Å². The third kappa shape index (κ3) is 0.938. The molecule has 4 bridgehead atoms. The first kappa shape index (κ1) is 8.60. The summed E-state index contributed by atoms with van der Waals surface area (Å²) >= 11 is 0. The molecule has 0 aromatic heterocycles. The van der Waals surface area contributed by atoms with E-state index in [4.69, 9.17) is 0 Å². The predicted octanol–water partition coefficient (Wildman–Crippen LogP) is 1.95. The molecule has 3 unspecified atom stereocenters. The van der Waals surface area contributed by atoms with Crippen molar-refractivity contribution in [3.05, 3.63) is 0 Å². The molecule has 5 aliphatic rings. The lowest BCUT2D eigenvalue weighted by Crippen LogP contribution is -2.62. The van der Waals surface area contributed by atoms with Gasteiger partial charge in [-0.05, 0) is 62.2 Å². The average Bonchev–Trinajstić information content (AvgIpc) is 2.19. The van der Waals surface area contributed by atoms with Gasteiger partial charge in [-0.3, -0.25) is 4.79 Å². The maximum atomic E-state index is 12.2. The van der Waals surface area contributed by atoms with Crippen molar-refractivity contribution < 1.29 is 4.79 Å². The zero-order valence-electron chi connectivity index (χ0n) is 9.17. The molecule has 0 aromatic carbocycles. The molecule has 0 aromatic rings. The molecule has 1 aliphatic heterocycles. The molecule has 5 rings (SSSR count). The van der Waals surface area contributed by atoms with Crippen LogP contribution in [0.15, 0.2) is 0 Å². The van der Waals surface area contributed by atoms with Crippen molar-refractivity contribution in [2.75, 3.05) is 6.54 Å². The lowest BCUT2D eigenvalue weighted by atomic mass is 9.43. The highest BCUT2D eigenvalue weighted by Crippen LogP contribution is 2.64. The van der Waals surface area contributed by atoms with Gasteiger partial charge >= 0.3 is 0 Å².